The van der Waals surface area contributed by atoms with Gasteiger partial charge in [-0.1, -0.05) is 37.0 Å². The van der Waals surface area contributed by atoms with E-state index in [0.29, 0.717) is 26.7 Å². The summed E-state index contributed by atoms with van der Waals surface area (Å²) < 4.78 is 0.451. The maximum absolute atomic E-state index is 12.1. The van der Waals surface area contributed by atoms with E-state index in [-0.39, 0.29) is 24.4 Å². The highest BCUT2D eigenvalue weighted by molar-refractivity contribution is 7.18. The van der Waals surface area contributed by atoms with Crippen LogP contribution in [0.25, 0.3) is 0 Å². The smallest absolute Gasteiger partial charge is 0.263 e. The van der Waals surface area contributed by atoms with Gasteiger partial charge in [0.05, 0.1) is 9.90 Å². The molecule has 1 aromatic rings. The van der Waals surface area contributed by atoms with E-state index in [1.165, 1.54) is 11.3 Å². The first-order chi connectivity index (χ1) is 8.32. The highest BCUT2D eigenvalue weighted by Gasteiger charge is 2.17. The van der Waals surface area contributed by atoms with Crippen molar-refractivity contribution < 1.29 is 4.79 Å². The van der Waals surface area contributed by atoms with Crippen molar-refractivity contribution in [2.45, 2.75) is 26.3 Å². The lowest BCUT2D eigenvalue weighted by Crippen LogP contribution is -2.34. The Hall–Kier alpha value is -0.000000000000000278. The van der Waals surface area contributed by atoms with Gasteiger partial charge in [-0.2, -0.15) is 0 Å². The van der Waals surface area contributed by atoms with Crippen molar-refractivity contribution >= 4 is 52.9 Å². The molecule has 0 fully saturated rings. The van der Waals surface area contributed by atoms with E-state index >= 15 is 0 Å². The third kappa shape index (κ3) is 5.48. The Bertz CT molecular complexity index is 404. The second-order valence-corrected chi connectivity index (χ2v) is 6.72. The number of carbonyl (C=O) groups excluding carboxylic acids is 1. The Morgan fingerprint density at radius 3 is 2.47 bits per heavy atom. The molecule has 3 nitrogen and oxygen atoms in total. The molecule has 7 heteroatoms. The van der Waals surface area contributed by atoms with Crippen LogP contribution in [0.2, 0.25) is 9.36 Å². The summed E-state index contributed by atoms with van der Waals surface area (Å²) in [5.41, 5.74) is 5.95. The van der Waals surface area contributed by atoms with Crippen molar-refractivity contribution in [2.75, 3.05) is 13.6 Å². The topological polar surface area (TPSA) is 46.3 Å². The molecule has 1 rings (SSSR count). The highest BCUT2D eigenvalue weighted by atomic mass is 35.5. The van der Waals surface area contributed by atoms with Gasteiger partial charge >= 0.3 is 0 Å². The predicted octanol–water partition coefficient (Wildman–Crippen LogP) is 3.92. The molecule has 110 valence electrons. The van der Waals surface area contributed by atoms with E-state index in [2.05, 4.69) is 13.8 Å². The van der Waals surface area contributed by atoms with Gasteiger partial charge in [0.2, 0.25) is 0 Å². The van der Waals surface area contributed by atoms with Gasteiger partial charge in [0.15, 0.2) is 0 Å². The average molecular weight is 346 g/mol. The lowest BCUT2D eigenvalue weighted by Gasteiger charge is -2.21. The van der Waals surface area contributed by atoms with Gasteiger partial charge in [-0.05, 0) is 18.4 Å². The van der Waals surface area contributed by atoms with Crippen molar-refractivity contribution in [1.29, 1.82) is 0 Å². The summed E-state index contributed by atoms with van der Waals surface area (Å²) >= 11 is 12.9. The molecule has 0 bridgehead atoms. The van der Waals surface area contributed by atoms with E-state index in [0.717, 1.165) is 6.42 Å². The number of nitrogens with zero attached hydrogens (tertiary/aromatic N) is 1. The van der Waals surface area contributed by atoms with Crippen LogP contribution in [0.15, 0.2) is 6.07 Å². The normalized spacial score (nSPS) is 12.2. The van der Waals surface area contributed by atoms with Gasteiger partial charge in [-0.25, -0.2) is 0 Å². The van der Waals surface area contributed by atoms with Crippen LogP contribution >= 0.6 is 46.9 Å². The van der Waals surface area contributed by atoms with Crippen LogP contribution in [0.5, 0.6) is 0 Å². The maximum Gasteiger partial charge on any atom is 0.263 e. The molecule has 2 N–H and O–H groups in total. The summed E-state index contributed by atoms with van der Waals surface area (Å²) in [5.74, 6) is 0.351. The number of hydrogen-bond acceptors (Lipinski definition) is 3. The van der Waals surface area contributed by atoms with Gasteiger partial charge in [-0.15, -0.1) is 23.7 Å². The second kappa shape index (κ2) is 8.32. The third-order valence-electron chi connectivity index (χ3n) is 2.86. The van der Waals surface area contributed by atoms with Crippen LogP contribution in [0.3, 0.4) is 0 Å². The third-order valence-corrected chi connectivity index (χ3v) is 4.71. The molecule has 1 heterocycles. The zero-order chi connectivity index (χ0) is 13.9. The zero-order valence-electron chi connectivity index (χ0n) is 11.2. The molecule has 0 aliphatic heterocycles. The van der Waals surface area contributed by atoms with E-state index in [9.17, 15) is 4.79 Å². The minimum absolute atomic E-state index is 0. The molecule has 1 unspecified atom stereocenters. The van der Waals surface area contributed by atoms with Crippen molar-refractivity contribution in [1.82, 2.24) is 4.90 Å². The van der Waals surface area contributed by atoms with Crippen LogP contribution in [-0.2, 0) is 0 Å². The van der Waals surface area contributed by atoms with Crippen LogP contribution in [0, 0.1) is 5.92 Å². The Morgan fingerprint density at radius 1 is 1.47 bits per heavy atom. The lowest BCUT2D eigenvalue weighted by molar-refractivity contribution is 0.0794. The average Bonchev–Trinajstić information content (AvgIpc) is 2.64. The molecular formula is C12H19Cl3N2OS. The quantitative estimate of drug-likeness (QED) is 0.879. The fraction of sp³-hybridized carbons (Fsp3) is 0.583. The van der Waals surface area contributed by atoms with Crippen LogP contribution in [0.4, 0.5) is 0 Å². The standard InChI is InChI=1S/C12H18Cl2N2OS.ClH/c1-7(2)9(15)4-5-16(3)12(17)10-6-8(13)11(14)18-10;/h6-7,9H,4-5,15H2,1-3H3;1H. The van der Waals surface area contributed by atoms with Crippen LogP contribution in [0.1, 0.15) is 29.9 Å². The van der Waals surface area contributed by atoms with Gasteiger partial charge in [0.1, 0.15) is 4.34 Å². The number of carbonyl (C=O) groups is 1. The summed E-state index contributed by atoms with van der Waals surface area (Å²) in [7, 11) is 1.76. The number of thiophene rings is 1. The largest absolute Gasteiger partial charge is 0.341 e. The summed E-state index contributed by atoms with van der Waals surface area (Å²) in [4.78, 5) is 14.3. The molecule has 0 aliphatic rings. The molecule has 1 aromatic heterocycles. The minimum Gasteiger partial charge on any atom is -0.341 e. The van der Waals surface area contributed by atoms with E-state index < -0.39 is 0 Å². The van der Waals surface area contributed by atoms with Gasteiger partial charge in [0.25, 0.3) is 5.91 Å². The first-order valence-corrected chi connectivity index (χ1v) is 7.36. The molecule has 0 aliphatic carbocycles. The number of rotatable bonds is 5. The molecule has 0 radical (unpaired) electrons. The Kier molecular flexibility index (Phi) is 8.32. The highest BCUT2D eigenvalue weighted by Crippen LogP contribution is 2.32. The number of amides is 1. The molecule has 1 amide bonds. The first-order valence-electron chi connectivity index (χ1n) is 5.78. The summed E-state index contributed by atoms with van der Waals surface area (Å²) in [6.45, 7) is 4.78. The molecular weight excluding hydrogens is 327 g/mol. The maximum atomic E-state index is 12.1. The fourth-order valence-electron chi connectivity index (χ4n) is 1.42. The van der Waals surface area contributed by atoms with Gasteiger partial charge in [-0.3, -0.25) is 4.79 Å². The monoisotopic (exact) mass is 344 g/mol. The number of halogens is 3. The fourth-order valence-corrected chi connectivity index (χ4v) is 2.78. The van der Waals surface area contributed by atoms with Crippen LogP contribution in [-0.4, -0.2) is 30.4 Å². The summed E-state index contributed by atoms with van der Waals surface area (Å²) in [5, 5.41) is 0.428. The van der Waals surface area contributed by atoms with Crippen molar-refractivity contribution in [3.63, 3.8) is 0 Å². The van der Waals surface area contributed by atoms with Gasteiger partial charge in [0, 0.05) is 19.6 Å². The van der Waals surface area contributed by atoms with Crippen LogP contribution < -0.4 is 5.73 Å². The Morgan fingerprint density at radius 2 is 2.05 bits per heavy atom. The minimum atomic E-state index is -0.0650. The van der Waals surface area contributed by atoms with Crippen molar-refractivity contribution in [3.8, 4) is 0 Å². The summed E-state index contributed by atoms with van der Waals surface area (Å²) in [6.07, 6.45) is 0.784. The molecule has 0 aromatic carbocycles. The van der Waals surface area contributed by atoms with Crippen molar-refractivity contribution in [3.05, 3.63) is 20.3 Å². The molecule has 0 saturated carbocycles. The first kappa shape index (κ1) is 19.0. The predicted molar refractivity (Wildman–Crippen MR) is 86.0 cm³/mol. The van der Waals surface area contributed by atoms with Gasteiger partial charge < -0.3 is 10.6 Å². The van der Waals surface area contributed by atoms with E-state index in [1.807, 2.05) is 0 Å². The Balaban J connectivity index is 0.00000324. The SMILES string of the molecule is CC(C)C(N)CCN(C)C(=O)c1cc(Cl)c(Cl)s1.Cl. The zero-order valence-corrected chi connectivity index (χ0v) is 14.3. The molecule has 19 heavy (non-hydrogen) atoms. The summed E-state index contributed by atoms with van der Waals surface area (Å²) in [6, 6.07) is 1.71. The van der Waals surface area contributed by atoms with Crippen molar-refractivity contribution in [2.24, 2.45) is 11.7 Å². The lowest BCUT2D eigenvalue weighted by atomic mass is 10.0. The van der Waals surface area contributed by atoms with E-state index in [4.69, 9.17) is 28.9 Å². The molecule has 0 saturated heterocycles. The number of hydrogen-bond donors (Lipinski definition) is 1. The van der Waals surface area contributed by atoms with E-state index in [1.54, 1.807) is 18.0 Å². The Labute approximate surface area is 134 Å². The molecule has 0 spiro atoms. The second-order valence-electron chi connectivity index (χ2n) is 4.66. The molecule has 1 atom stereocenters. The number of nitrogens with two attached hydrogens (primary N) is 1.